The van der Waals surface area contributed by atoms with Crippen molar-refractivity contribution in [2.45, 2.75) is 19.4 Å². The topological polar surface area (TPSA) is 81.9 Å². The molecular weight excluding hydrogens is 358 g/mol. The highest BCUT2D eigenvalue weighted by Gasteiger charge is 2.32. The number of nitrogens with one attached hydrogen (secondary N) is 1. The molecule has 1 fully saturated rings. The second-order valence-corrected chi connectivity index (χ2v) is 6.18. The van der Waals surface area contributed by atoms with Crippen LogP contribution in [0.2, 0.25) is 0 Å². The molecule has 23 heavy (non-hydrogen) atoms. The van der Waals surface area contributed by atoms with E-state index in [1.807, 2.05) is 31.2 Å². The molecule has 3 rings (SSSR count). The molecule has 1 unspecified atom stereocenters. The van der Waals surface area contributed by atoms with Crippen LogP contribution >= 0.6 is 15.9 Å². The smallest absolute Gasteiger partial charge is 0.249 e. The predicted octanol–water partition coefficient (Wildman–Crippen LogP) is 2.64. The van der Waals surface area contributed by atoms with E-state index in [9.17, 15) is 4.79 Å². The summed E-state index contributed by atoms with van der Waals surface area (Å²) < 4.78 is 1.02. The number of nitrogens with zero attached hydrogens (tertiary/aromatic N) is 4. The molecule has 2 aromatic rings. The number of nitriles is 1. The number of carbonyl (C=O) groups excluding carboxylic acids is 1. The molecule has 0 spiro atoms. The van der Waals surface area contributed by atoms with Crippen LogP contribution < -0.4 is 10.2 Å². The molecule has 1 aliphatic rings. The Hall–Kier alpha value is -2.46. The highest BCUT2D eigenvalue weighted by molar-refractivity contribution is 9.10. The minimum Gasteiger partial charge on any atom is -0.357 e. The molecule has 1 amide bonds. The molecule has 2 heterocycles. The number of halogens is 1. The van der Waals surface area contributed by atoms with Crippen LogP contribution in [0, 0.1) is 18.3 Å². The van der Waals surface area contributed by atoms with Gasteiger partial charge in [-0.2, -0.15) is 5.26 Å². The Kier molecular flexibility index (Phi) is 4.26. The number of aryl methyl sites for hydroxylation is 1. The Morgan fingerprint density at radius 3 is 2.83 bits per heavy atom. The SMILES string of the molecule is Cc1cc(N2CCC(Nc3ccc(C#N)nn3)C2=O)ccc1Br. The lowest BCUT2D eigenvalue weighted by molar-refractivity contribution is -0.117. The molecular formula is C16H14BrN5O. The minimum atomic E-state index is -0.332. The normalized spacial score (nSPS) is 17.2. The molecule has 1 atom stereocenters. The standard InChI is InChI=1S/C16H14BrN5O/c1-10-8-12(3-4-13(10)17)22-7-6-14(16(22)23)19-15-5-2-11(9-18)20-21-15/h2-5,8,14H,6-7H2,1H3,(H,19,21). The van der Waals surface area contributed by atoms with Crippen LogP contribution in [0.25, 0.3) is 0 Å². The summed E-state index contributed by atoms with van der Waals surface area (Å²) in [6.45, 7) is 2.65. The van der Waals surface area contributed by atoms with Crippen LogP contribution in [0.15, 0.2) is 34.8 Å². The first-order valence-corrected chi connectivity index (χ1v) is 7.95. The third-order valence-electron chi connectivity index (χ3n) is 3.76. The lowest BCUT2D eigenvalue weighted by Crippen LogP contribution is -2.33. The van der Waals surface area contributed by atoms with E-state index in [-0.39, 0.29) is 17.6 Å². The van der Waals surface area contributed by atoms with Gasteiger partial charge in [-0.25, -0.2) is 0 Å². The van der Waals surface area contributed by atoms with Crippen LogP contribution in [0.3, 0.4) is 0 Å². The van der Waals surface area contributed by atoms with Crippen LogP contribution in [0.4, 0.5) is 11.5 Å². The Morgan fingerprint density at radius 2 is 2.17 bits per heavy atom. The van der Waals surface area contributed by atoms with Crippen molar-refractivity contribution in [2.24, 2.45) is 0 Å². The molecule has 6 nitrogen and oxygen atoms in total. The van der Waals surface area contributed by atoms with Crippen LogP contribution in [0.1, 0.15) is 17.7 Å². The number of aromatic nitrogens is 2. The molecule has 1 aliphatic heterocycles. The molecule has 1 N–H and O–H groups in total. The van der Waals surface area contributed by atoms with Gasteiger partial charge in [-0.15, -0.1) is 10.2 Å². The molecule has 1 saturated heterocycles. The molecule has 0 saturated carbocycles. The number of carbonyl (C=O) groups is 1. The first kappa shape index (κ1) is 15.4. The molecule has 0 bridgehead atoms. The van der Waals surface area contributed by atoms with Crippen molar-refractivity contribution in [3.05, 3.63) is 46.1 Å². The molecule has 1 aromatic carbocycles. The maximum atomic E-state index is 12.6. The molecule has 1 aromatic heterocycles. The van der Waals surface area contributed by atoms with E-state index in [2.05, 4.69) is 31.4 Å². The maximum Gasteiger partial charge on any atom is 0.249 e. The number of hydrogen-bond acceptors (Lipinski definition) is 5. The minimum absolute atomic E-state index is 0.0119. The average molecular weight is 372 g/mol. The van der Waals surface area contributed by atoms with Gasteiger partial charge in [0, 0.05) is 16.7 Å². The first-order chi connectivity index (χ1) is 11.1. The van der Waals surface area contributed by atoms with Crippen molar-refractivity contribution in [3.8, 4) is 6.07 Å². The summed E-state index contributed by atoms with van der Waals surface area (Å²) in [5.74, 6) is 0.508. The zero-order valence-electron chi connectivity index (χ0n) is 12.5. The van der Waals surface area contributed by atoms with Gasteiger partial charge < -0.3 is 10.2 Å². The lowest BCUT2D eigenvalue weighted by Gasteiger charge is -2.18. The second-order valence-electron chi connectivity index (χ2n) is 5.32. The van der Waals surface area contributed by atoms with E-state index in [1.54, 1.807) is 17.0 Å². The Balaban J connectivity index is 1.73. The molecule has 116 valence electrons. The van der Waals surface area contributed by atoms with Crippen LogP contribution in [-0.2, 0) is 4.79 Å². The van der Waals surface area contributed by atoms with Gasteiger partial charge in [0.15, 0.2) is 5.69 Å². The summed E-state index contributed by atoms with van der Waals surface area (Å²) in [5.41, 5.74) is 2.23. The van der Waals surface area contributed by atoms with E-state index in [0.717, 1.165) is 15.7 Å². The Labute approximate surface area is 142 Å². The molecule has 0 aliphatic carbocycles. The summed E-state index contributed by atoms with van der Waals surface area (Å²) >= 11 is 3.47. The zero-order valence-corrected chi connectivity index (χ0v) is 14.0. The van der Waals surface area contributed by atoms with E-state index in [4.69, 9.17) is 5.26 Å². The van der Waals surface area contributed by atoms with Crippen molar-refractivity contribution in [2.75, 3.05) is 16.8 Å². The molecule has 0 radical (unpaired) electrons. The van der Waals surface area contributed by atoms with Gasteiger partial charge in [-0.1, -0.05) is 15.9 Å². The zero-order chi connectivity index (χ0) is 16.4. The summed E-state index contributed by atoms with van der Waals surface area (Å²) in [5, 5.41) is 19.5. The average Bonchev–Trinajstić information content (AvgIpc) is 2.92. The van der Waals surface area contributed by atoms with Gasteiger partial charge in [-0.05, 0) is 49.2 Å². The van der Waals surface area contributed by atoms with Gasteiger partial charge in [-0.3, -0.25) is 4.79 Å². The summed E-state index contributed by atoms with van der Waals surface area (Å²) in [6, 6.07) is 10.7. The summed E-state index contributed by atoms with van der Waals surface area (Å²) in [6.07, 6.45) is 0.690. The fourth-order valence-electron chi connectivity index (χ4n) is 2.51. The highest BCUT2D eigenvalue weighted by atomic mass is 79.9. The maximum absolute atomic E-state index is 12.6. The second kappa shape index (κ2) is 6.34. The number of anilines is 2. The highest BCUT2D eigenvalue weighted by Crippen LogP contribution is 2.27. The lowest BCUT2D eigenvalue weighted by atomic mass is 10.2. The van der Waals surface area contributed by atoms with E-state index in [0.29, 0.717) is 18.8 Å². The number of amides is 1. The number of benzene rings is 1. The van der Waals surface area contributed by atoms with Crippen LogP contribution in [-0.4, -0.2) is 28.7 Å². The Morgan fingerprint density at radius 1 is 1.35 bits per heavy atom. The Bertz CT molecular complexity index is 784. The number of rotatable bonds is 3. The van der Waals surface area contributed by atoms with E-state index < -0.39 is 0 Å². The fraction of sp³-hybridized carbons (Fsp3) is 0.250. The summed E-state index contributed by atoms with van der Waals surface area (Å²) in [7, 11) is 0. The van der Waals surface area contributed by atoms with E-state index in [1.165, 1.54) is 0 Å². The monoisotopic (exact) mass is 371 g/mol. The third-order valence-corrected chi connectivity index (χ3v) is 4.65. The van der Waals surface area contributed by atoms with Crippen molar-refractivity contribution in [1.82, 2.24) is 10.2 Å². The molecule has 7 heteroatoms. The van der Waals surface area contributed by atoms with E-state index >= 15 is 0 Å². The van der Waals surface area contributed by atoms with Gasteiger partial charge in [0.25, 0.3) is 0 Å². The van der Waals surface area contributed by atoms with Crippen LogP contribution in [0.5, 0.6) is 0 Å². The van der Waals surface area contributed by atoms with Crippen molar-refractivity contribution < 1.29 is 4.79 Å². The predicted molar refractivity (Wildman–Crippen MR) is 90.0 cm³/mol. The van der Waals surface area contributed by atoms with Crippen molar-refractivity contribution in [1.29, 1.82) is 5.26 Å². The van der Waals surface area contributed by atoms with Gasteiger partial charge in [0.1, 0.15) is 17.9 Å². The fourth-order valence-corrected chi connectivity index (χ4v) is 2.76. The van der Waals surface area contributed by atoms with Gasteiger partial charge in [0.2, 0.25) is 5.91 Å². The summed E-state index contributed by atoms with van der Waals surface area (Å²) in [4.78, 5) is 14.4. The third kappa shape index (κ3) is 3.17. The van der Waals surface area contributed by atoms with Crippen molar-refractivity contribution in [3.63, 3.8) is 0 Å². The van der Waals surface area contributed by atoms with Gasteiger partial charge >= 0.3 is 0 Å². The number of hydrogen-bond donors (Lipinski definition) is 1. The first-order valence-electron chi connectivity index (χ1n) is 7.16. The van der Waals surface area contributed by atoms with Crippen molar-refractivity contribution >= 4 is 33.3 Å². The van der Waals surface area contributed by atoms with Gasteiger partial charge in [0.05, 0.1) is 0 Å². The largest absolute Gasteiger partial charge is 0.357 e. The quantitative estimate of drug-likeness (QED) is 0.896.